The molecule has 6 nitrogen and oxygen atoms in total. The van der Waals surface area contributed by atoms with Crippen LogP contribution in [0.3, 0.4) is 0 Å². The predicted octanol–water partition coefficient (Wildman–Crippen LogP) is 4.39. The highest BCUT2D eigenvalue weighted by molar-refractivity contribution is 5.47. The number of anilines is 1. The number of nitrogens with zero attached hydrogens (tertiary/aromatic N) is 4. The Balaban J connectivity index is 1.58. The second-order valence-electron chi connectivity index (χ2n) is 6.91. The average molecular weight is 391 g/mol. The highest BCUT2D eigenvalue weighted by Crippen LogP contribution is 2.29. The molecule has 0 spiro atoms. The van der Waals surface area contributed by atoms with Crippen LogP contribution >= 0.6 is 0 Å². The molecule has 9 heteroatoms. The Kier molecular flexibility index (Phi) is 4.82. The van der Waals surface area contributed by atoms with Crippen LogP contribution in [-0.2, 0) is 12.7 Å². The third-order valence-electron chi connectivity index (χ3n) is 4.72. The monoisotopic (exact) mass is 391 g/mol. The number of benzene rings is 1. The van der Waals surface area contributed by atoms with Crippen molar-refractivity contribution in [2.45, 2.75) is 51.4 Å². The summed E-state index contributed by atoms with van der Waals surface area (Å²) in [5, 5.41) is 6.72. The van der Waals surface area contributed by atoms with Crippen LogP contribution < -0.4 is 10.1 Å². The van der Waals surface area contributed by atoms with Crippen LogP contribution in [0, 0.1) is 6.92 Å². The van der Waals surface area contributed by atoms with Crippen LogP contribution in [0.1, 0.15) is 42.8 Å². The van der Waals surface area contributed by atoms with Crippen LogP contribution in [0.25, 0.3) is 5.78 Å². The van der Waals surface area contributed by atoms with Crippen LogP contribution in [0.4, 0.5) is 19.0 Å². The summed E-state index contributed by atoms with van der Waals surface area (Å²) in [6.07, 6.45) is 0.0395. The topological polar surface area (TPSA) is 64.3 Å². The van der Waals surface area contributed by atoms with E-state index in [2.05, 4.69) is 20.4 Å². The van der Waals surface area contributed by atoms with Gasteiger partial charge in [0.2, 0.25) is 0 Å². The first-order valence-electron chi connectivity index (χ1n) is 9.20. The number of halogens is 3. The van der Waals surface area contributed by atoms with Gasteiger partial charge in [0, 0.05) is 23.9 Å². The zero-order chi connectivity index (χ0) is 19.7. The summed E-state index contributed by atoms with van der Waals surface area (Å²) in [5.41, 5.74) is 1.47. The van der Waals surface area contributed by atoms with Crippen LogP contribution in [0.5, 0.6) is 5.75 Å². The van der Waals surface area contributed by atoms with Gasteiger partial charge in [0.25, 0.3) is 11.6 Å². The summed E-state index contributed by atoms with van der Waals surface area (Å²) in [5.74, 6) is -0.122. The number of alkyl halides is 3. The Morgan fingerprint density at radius 1 is 1.18 bits per heavy atom. The van der Waals surface area contributed by atoms with E-state index < -0.39 is 12.0 Å². The first-order valence-corrected chi connectivity index (χ1v) is 9.20. The third kappa shape index (κ3) is 3.88. The van der Waals surface area contributed by atoms with E-state index >= 15 is 0 Å². The minimum absolute atomic E-state index is 0.0923. The molecule has 2 aromatic heterocycles. The largest absolute Gasteiger partial charge is 0.490 e. The molecule has 1 aromatic carbocycles. The standard InChI is InChI=1S/C19H20F3N5O/c1-12-10-16(27-18(24-12)25-17(26-27)19(20,21)22)23-11-13-6-2-5-9-15(13)28-14-7-3-4-8-14/h2,5-6,9-10,14,23H,3-4,7-8,11H2,1H3. The number of hydrogen-bond acceptors (Lipinski definition) is 5. The third-order valence-corrected chi connectivity index (χ3v) is 4.72. The van der Waals surface area contributed by atoms with Crippen molar-refractivity contribution in [2.24, 2.45) is 0 Å². The Bertz CT molecular complexity index is 979. The van der Waals surface area contributed by atoms with Crippen molar-refractivity contribution in [1.82, 2.24) is 19.6 Å². The molecule has 3 aromatic rings. The minimum atomic E-state index is -4.62. The highest BCUT2D eigenvalue weighted by atomic mass is 19.4. The number of aryl methyl sites for hydroxylation is 1. The molecule has 1 aliphatic rings. The number of rotatable bonds is 5. The maximum Gasteiger partial charge on any atom is 0.453 e. The molecule has 1 fully saturated rings. The number of hydrogen-bond donors (Lipinski definition) is 1. The van der Waals surface area contributed by atoms with E-state index in [0.29, 0.717) is 18.1 Å². The summed E-state index contributed by atoms with van der Waals surface area (Å²) in [4.78, 5) is 7.53. The molecule has 0 aliphatic heterocycles. The van der Waals surface area contributed by atoms with Gasteiger partial charge in [-0.2, -0.15) is 22.7 Å². The quantitative estimate of drug-likeness (QED) is 0.699. The normalized spacial score (nSPS) is 15.3. The Morgan fingerprint density at radius 3 is 2.68 bits per heavy atom. The van der Waals surface area contributed by atoms with E-state index in [-0.39, 0.29) is 11.9 Å². The molecule has 0 amide bonds. The van der Waals surface area contributed by atoms with E-state index in [9.17, 15) is 13.2 Å². The van der Waals surface area contributed by atoms with Crippen molar-refractivity contribution >= 4 is 11.6 Å². The molecule has 0 bridgehead atoms. The zero-order valence-corrected chi connectivity index (χ0v) is 15.3. The van der Waals surface area contributed by atoms with Crippen molar-refractivity contribution in [3.05, 3.63) is 47.4 Å². The molecule has 1 N–H and O–H groups in total. The van der Waals surface area contributed by atoms with Crippen molar-refractivity contribution in [3.8, 4) is 5.75 Å². The van der Waals surface area contributed by atoms with Gasteiger partial charge in [0.1, 0.15) is 11.6 Å². The van der Waals surface area contributed by atoms with Crippen molar-refractivity contribution < 1.29 is 17.9 Å². The average Bonchev–Trinajstić information content (AvgIpc) is 3.29. The van der Waals surface area contributed by atoms with Gasteiger partial charge in [0.05, 0.1) is 6.10 Å². The molecule has 0 unspecified atom stereocenters. The van der Waals surface area contributed by atoms with E-state index in [1.54, 1.807) is 13.0 Å². The lowest BCUT2D eigenvalue weighted by molar-refractivity contribution is -0.144. The van der Waals surface area contributed by atoms with Gasteiger partial charge in [-0.15, -0.1) is 5.10 Å². The lowest BCUT2D eigenvalue weighted by Gasteiger charge is -2.17. The van der Waals surface area contributed by atoms with Gasteiger partial charge >= 0.3 is 6.18 Å². The molecule has 1 aliphatic carbocycles. The summed E-state index contributed by atoms with van der Waals surface area (Å²) in [7, 11) is 0. The van der Waals surface area contributed by atoms with Gasteiger partial charge in [-0.25, -0.2) is 4.98 Å². The fraction of sp³-hybridized carbons (Fsp3) is 0.421. The summed E-state index contributed by atoms with van der Waals surface area (Å²) in [6, 6.07) is 9.31. The Morgan fingerprint density at radius 2 is 1.93 bits per heavy atom. The minimum Gasteiger partial charge on any atom is -0.490 e. The molecule has 0 atom stereocenters. The van der Waals surface area contributed by atoms with Gasteiger partial charge in [-0.1, -0.05) is 18.2 Å². The predicted molar refractivity (Wildman–Crippen MR) is 97.2 cm³/mol. The summed E-state index contributed by atoms with van der Waals surface area (Å²) in [6.45, 7) is 2.08. The number of para-hydroxylation sites is 1. The fourth-order valence-corrected chi connectivity index (χ4v) is 3.37. The molecule has 1 saturated carbocycles. The van der Waals surface area contributed by atoms with Crippen molar-refractivity contribution in [2.75, 3.05) is 5.32 Å². The van der Waals surface area contributed by atoms with Crippen LogP contribution in [-0.4, -0.2) is 25.7 Å². The molecule has 0 saturated heterocycles. The number of ether oxygens (including phenoxy) is 1. The van der Waals surface area contributed by atoms with Crippen molar-refractivity contribution in [3.63, 3.8) is 0 Å². The Hall–Kier alpha value is -2.84. The summed E-state index contributed by atoms with van der Waals surface area (Å²) < 4.78 is 46.1. The van der Waals surface area contributed by atoms with E-state index in [0.717, 1.165) is 28.7 Å². The SMILES string of the molecule is Cc1cc(NCc2ccccc2OC2CCCC2)n2nc(C(F)(F)F)nc2n1. The molecular formula is C19H20F3N5O. The second kappa shape index (κ2) is 7.29. The molecule has 2 heterocycles. The highest BCUT2D eigenvalue weighted by Gasteiger charge is 2.36. The van der Waals surface area contributed by atoms with E-state index in [1.165, 1.54) is 12.8 Å². The molecule has 28 heavy (non-hydrogen) atoms. The lowest BCUT2D eigenvalue weighted by atomic mass is 10.2. The van der Waals surface area contributed by atoms with Gasteiger partial charge in [0.15, 0.2) is 0 Å². The van der Waals surface area contributed by atoms with Gasteiger partial charge in [-0.3, -0.25) is 0 Å². The number of fused-ring (bicyclic) bond motifs is 1. The number of nitrogens with one attached hydrogen (secondary N) is 1. The van der Waals surface area contributed by atoms with Gasteiger partial charge in [-0.05, 0) is 38.7 Å². The van der Waals surface area contributed by atoms with Crippen LogP contribution in [0.2, 0.25) is 0 Å². The number of aromatic nitrogens is 4. The van der Waals surface area contributed by atoms with E-state index in [1.807, 2.05) is 24.3 Å². The van der Waals surface area contributed by atoms with Crippen LogP contribution in [0.15, 0.2) is 30.3 Å². The second-order valence-corrected chi connectivity index (χ2v) is 6.91. The molecule has 148 valence electrons. The van der Waals surface area contributed by atoms with Gasteiger partial charge < -0.3 is 10.1 Å². The Labute approximate surface area is 159 Å². The summed E-state index contributed by atoms with van der Waals surface area (Å²) >= 11 is 0. The fourth-order valence-electron chi connectivity index (χ4n) is 3.37. The molecule has 4 rings (SSSR count). The lowest BCUT2D eigenvalue weighted by Crippen LogP contribution is -2.14. The maximum atomic E-state index is 13.0. The van der Waals surface area contributed by atoms with Crippen molar-refractivity contribution in [1.29, 1.82) is 0 Å². The first-order chi connectivity index (χ1) is 13.4. The molecular weight excluding hydrogens is 371 g/mol. The molecule has 0 radical (unpaired) electrons. The maximum absolute atomic E-state index is 13.0. The van der Waals surface area contributed by atoms with E-state index in [4.69, 9.17) is 4.74 Å². The first kappa shape index (κ1) is 18.5. The zero-order valence-electron chi connectivity index (χ0n) is 15.3. The smallest absolute Gasteiger partial charge is 0.453 e.